The summed E-state index contributed by atoms with van der Waals surface area (Å²) in [6.45, 7) is 11.4. The molecule has 0 saturated heterocycles. The van der Waals surface area contributed by atoms with Crippen LogP contribution >= 0.6 is 0 Å². The number of hydrogen-bond acceptors (Lipinski definition) is 2. The molecule has 0 amide bonds. The van der Waals surface area contributed by atoms with Crippen LogP contribution in [0.4, 0.5) is 0 Å². The van der Waals surface area contributed by atoms with Gasteiger partial charge in [0.15, 0.2) is 0 Å². The summed E-state index contributed by atoms with van der Waals surface area (Å²) in [6.07, 6.45) is 7.39. The number of aryl methyl sites for hydroxylation is 2. The van der Waals surface area contributed by atoms with Gasteiger partial charge in [-0.15, -0.1) is 0 Å². The Kier molecular flexibility index (Phi) is 9.49. The summed E-state index contributed by atoms with van der Waals surface area (Å²) in [7, 11) is -1.30. The number of aromatic hydroxyl groups is 1. The molecule has 1 aromatic carbocycles. The molecule has 0 aliphatic rings. The minimum Gasteiger partial charge on any atom is -0.508 e. The van der Waals surface area contributed by atoms with Crippen molar-refractivity contribution in [2.45, 2.75) is 91.3 Å². The van der Waals surface area contributed by atoms with E-state index in [0.717, 1.165) is 56.1 Å². The summed E-state index contributed by atoms with van der Waals surface area (Å²) in [6, 6.07) is 7.93. The topological polar surface area (TPSA) is 29.5 Å². The zero-order chi connectivity index (χ0) is 18.0. The molecular formula is C21H38O2Si. The van der Waals surface area contributed by atoms with Crippen molar-refractivity contribution in [1.82, 2.24) is 0 Å². The van der Waals surface area contributed by atoms with E-state index in [1.54, 1.807) is 0 Å². The molecule has 1 N–H and O–H groups in total. The van der Waals surface area contributed by atoms with Gasteiger partial charge < -0.3 is 9.84 Å². The summed E-state index contributed by atoms with van der Waals surface area (Å²) in [4.78, 5) is 0. The Hall–Kier alpha value is -0.963. The van der Waals surface area contributed by atoms with Crippen LogP contribution in [0.2, 0.25) is 18.1 Å². The van der Waals surface area contributed by atoms with Gasteiger partial charge in [0.05, 0.1) is 14.3 Å². The van der Waals surface area contributed by atoms with Gasteiger partial charge >= 0.3 is 0 Å². The molecule has 0 fully saturated rings. The highest BCUT2D eigenvalue weighted by molar-refractivity contribution is 6.79. The number of hydrogen-bond donors (Lipinski definition) is 1. The first-order chi connectivity index (χ1) is 11.6. The lowest BCUT2D eigenvalue weighted by molar-refractivity contribution is 0.367. The van der Waals surface area contributed by atoms with Gasteiger partial charge in [0.25, 0.3) is 0 Å². The summed E-state index contributed by atoms with van der Waals surface area (Å²) in [5.41, 5.74) is 2.23. The maximum Gasteiger partial charge on any atom is 0.122 e. The van der Waals surface area contributed by atoms with Gasteiger partial charge in [-0.25, -0.2) is 0 Å². The molecule has 0 unspecified atom stereocenters. The number of phenolic OH excluding ortho intramolecular Hbond substituents is 1. The van der Waals surface area contributed by atoms with Crippen molar-refractivity contribution in [3.05, 3.63) is 23.3 Å². The van der Waals surface area contributed by atoms with Crippen molar-refractivity contribution >= 4 is 8.07 Å². The number of benzene rings is 1. The molecule has 0 spiro atoms. The molecule has 2 nitrogen and oxygen atoms in total. The molecule has 1 aromatic rings. The zero-order valence-electron chi connectivity index (χ0n) is 16.6. The second-order valence-electron chi connectivity index (χ2n) is 7.15. The lowest BCUT2D eigenvalue weighted by atomic mass is 10.0. The van der Waals surface area contributed by atoms with Crippen molar-refractivity contribution in [3.63, 3.8) is 0 Å². The molecule has 24 heavy (non-hydrogen) atoms. The van der Waals surface area contributed by atoms with Crippen LogP contribution < -0.4 is 4.74 Å². The molecule has 0 saturated carbocycles. The van der Waals surface area contributed by atoms with E-state index in [2.05, 4.69) is 40.7 Å². The fourth-order valence-corrected chi connectivity index (χ4v) is 5.78. The highest BCUT2D eigenvalue weighted by Gasteiger charge is 2.28. The Labute approximate surface area is 150 Å². The summed E-state index contributed by atoms with van der Waals surface area (Å²) in [5, 5.41) is 10.4. The SMILES string of the molecule is CCCCc1cc(OC[Si](CC)(CC)CC)c(CCCC)cc1O. The summed E-state index contributed by atoms with van der Waals surface area (Å²) in [5.74, 6) is 1.48. The third-order valence-electron chi connectivity index (χ3n) is 5.64. The Bertz CT molecular complexity index is 473. The molecule has 0 heterocycles. The Morgan fingerprint density at radius 1 is 0.833 bits per heavy atom. The predicted molar refractivity (Wildman–Crippen MR) is 108 cm³/mol. The standard InChI is InChI=1S/C21H38O2Si/c1-6-11-13-18-16-21(19(14-12-7-2)15-20(18)22)23-17-24(8-3,9-4)10-5/h15-16,22H,6-14,17H2,1-5H3. The molecular weight excluding hydrogens is 312 g/mol. The Morgan fingerprint density at radius 2 is 1.38 bits per heavy atom. The second kappa shape index (κ2) is 10.8. The van der Waals surface area contributed by atoms with Gasteiger partial charge in [0.2, 0.25) is 0 Å². The maximum atomic E-state index is 10.4. The van der Waals surface area contributed by atoms with Crippen molar-refractivity contribution in [3.8, 4) is 11.5 Å². The van der Waals surface area contributed by atoms with Gasteiger partial charge in [-0.3, -0.25) is 0 Å². The van der Waals surface area contributed by atoms with Crippen LogP contribution in [0.15, 0.2) is 12.1 Å². The van der Waals surface area contributed by atoms with Crippen LogP contribution in [0.5, 0.6) is 11.5 Å². The van der Waals surface area contributed by atoms with Crippen molar-refractivity contribution in [1.29, 1.82) is 0 Å². The van der Waals surface area contributed by atoms with Crippen molar-refractivity contribution in [2.75, 3.05) is 6.23 Å². The van der Waals surface area contributed by atoms with Crippen LogP contribution in [0, 0.1) is 0 Å². The van der Waals surface area contributed by atoms with Gasteiger partial charge in [-0.1, -0.05) is 65.6 Å². The van der Waals surface area contributed by atoms with Gasteiger partial charge in [0.1, 0.15) is 11.5 Å². The average Bonchev–Trinajstić information content (AvgIpc) is 2.61. The molecule has 0 atom stereocenters. The van der Waals surface area contributed by atoms with E-state index < -0.39 is 8.07 Å². The van der Waals surface area contributed by atoms with Gasteiger partial charge in [-0.05, 0) is 48.9 Å². The first-order valence-electron chi connectivity index (χ1n) is 10.0. The molecule has 0 aliphatic carbocycles. The van der Waals surface area contributed by atoms with Gasteiger partial charge in [0, 0.05) is 0 Å². The van der Waals surface area contributed by atoms with Crippen LogP contribution in [0.1, 0.15) is 71.4 Å². The van der Waals surface area contributed by atoms with E-state index >= 15 is 0 Å². The first-order valence-corrected chi connectivity index (χ1v) is 12.9. The van der Waals surface area contributed by atoms with E-state index in [4.69, 9.17) is 4.74 Å². The van der Waals surface area contributed by atoms with E-state index in [0.29, 0.717) is 5.75 Å². The molecule has 3 heteroatoms. The van der Waals surface area contributed by atoms with Crippen LogP contribution in [-0.2, 0) is 12.8 Å². The lowest BCUT2D eigenvalue weighted by Gasteiger charge is -2.28. The zero-order valence-corrected chi connectivity index (χ0v) is 17.6. The lowest BCUT2D eigenvalue weighted by Crippen LogP contribution is -2.39. The molecule has 1 rings (SSSR count). The molecule has 0 radical (unpaired) electrons. The fraction of sp³-hybridized carbons (Fsp3) is 0.714. The third kappa shape index (κ3) is 5.84. The highest BCUT2D eigenvalue weighted by Crippen LogP contribution is 2.32. The largest absolute Gasteiger partial charge is 0.508 e. The third-order valence-corrected chi connectivity index (χ3v) is 10.9. The van der Waals surface area contributed by atoms with E-state index in [9.17, 15) is 5.11 Å². The predicted octanol–water partition coefficient (Wildman–Crippen LogP) is 6.50. The van der Waals surface area contributed by atoms with E-state index in [1.165, 1.54) is 23.7 Å². The molecule has 138 valence electrons. The second-order valence-corrected chi connectivity index (χ2v) is 12.6. The van der Waals surface area contributed by atoms with Crippen LogP contribution in [0.25, 0.3) is 0 Å². The number of unbranched alkanes of at least 4 members (excludes halogenated alkanes) is 2. The minimum absolute atomic E-state index is 0.451. The van der Waals surface area contributed by atoms with Gasteiger partial charge in [-0.2, -0.15) is 0 Å². The fourth-order valence-electron chi connectivity index (χ4n) is 3.21. The van der Waals surface area contributed by atoms with Crippen LogP contribution in [0.3, 0.4) is 0 Å². The monoisotopic (exact) mass is 350 g/mol. The number of rotatable bonds is 12. The highest BCUT2D eigenvalue weighted by atomic mass is 28.3. The van der Waals surface area contributed by atoms with Crippen molar-refractivity contribution < 1.29 is 9.84 Å². The Morgan fingerprint density at radius 3 is 1.88 bits per heavy atom. The van der Waals surface area contributed by atoms with E-state index in [1.807, 2.05) is 6.07 Å². The van der Waals surface area contributed by atoms with Crippen molar-refractivity contribution in [2.24, 2.45) is 0 Å². The normalized spacial score (nSPS) is 11.7. The Balaban J connectivity index is 3.02. The van der Waals surface area contributed by atoms with E-state index in [-0.39, 0.29) is 0 Å². The van der Waals surface area contributed by atoms with Crippen LogP contribution in [-0.4, -0.2) is 19.4 Å². The first kappa shape index (κ1) is 21.1. The number of ether oxygens (including phenoxy) is 1. The maximum absolute atomic E-state index is 10.4. The summed E-state index contributed by atoms with van der Waals surface area (Å²) < 4.78 is 6.40. The molecule has 0 aliphatic heterocycles. The average molecular weight is 351 g/mol. The smallest absolute Gasteiger partial charge is 0.122 e. The minimum atomic E-state index is -1.30. The molecule has 0 aromatic heterocycles. The summed E-state index contributed by atoms with van der Waals surface area (Å²) >= 11 is 0. The molecule has 0 bridgehead atoms. The quantitative estimate of drug-likeness (QED) is 0.436. The number of phenols is 1.